The number of rotatable bonds is 2. The highest BCUT2D eigenvalue weighted by Gasteiger charge is 2.29. The molecule has 2 rings (SSSR count). The van der Waals surface area contributed by atoms with Crippen molar-refractivity contribution in [3.8, 4) is 0 Å². The van der Waals surface area contributed by atoms with Crippen LogP contribution in [-0.2, 0) is 0 Å². The molecule has 0 saturated carbocycles. The Labute approximate surface area is 91.3 Å². The molecule has 2 atom stereocenters. The average Bonchev–Trinajstić information content (AvgIpc) is 2.61. The van der Waals surface area contributed by atoms with Crippen LogP contribution in [0.15, 0.2) is 18.3 Å². The summed E-state index contributed by atoms with van der Waals surface area (Å²) in [7, 11) is 2.17. The second-order valence-corrected chi connectivity index (χ2v) is 4.53. The molecule has 1 fully saturated rings. The fourth-order valence-electron chi connectivity index (χ4n) is 2.34. The smallest absolute Gasteiger partial charge is 0.0372 e. The highest BCUT2D eigenvalue weighted by molar-refractivity contribution is 5.18. The van der Waals surface area contributed by atoms with Gasteiger partial charge in [0.1, 0.15) is 0 Å². The van der Waals surface area contributed by atoms with Crippen molar-refractivity contribution < 1.29 is 0 Å². The molecule has 0 spiro atoms. The minimum absolute atomic E-state index is 0.506. The van der Waals surface area contributed by atoms with E-state index in [1.165, 1.54) is 5.56 Å². The normalized spacial score (nSPS) is 27.1. The van der Waals surface area contributed by atoms with Crippen molar-refractivity contribution in [3.63, 3.8) is 0 Å². The van der Waals surface area contributed by atoms with E-state index in [1.54, 1.807) is 0 Å². The van der Waals surface area contributed by atoms with Crippen molar-refractivity contribution in [1.29, 1.82) is 0 Å². The van der Waals surface area contributed by atoms with Gasteiger partial charge in [-0.3, -0.25) is 9.88 Å². The Kier molecular flexibility index (Phi) is 3.03. The first-order chi connectivity index (χ1) is 7.20. The molecule has 0 radical (unpaired) electrons. The monoisotopic (exact) mass is 205 g/mol. The molecule has 1 aliphatic heterocycles. The van der Waals surface area contributed by atoms with Crippen LogP contribution in [0.4, 0.5) is 0 Å². The fraction of sp³-hybridized carbons (Fsp3) is 0.583. The number of nitrogens with two attached hydrogens (primary N) is 1. The molecule has 0 bridgehead atoms. The van der Waals surface area contributed by atoms with Gasteiger partial charge in [-0.25, -0.2) is 0 Å². The average molecular weight is 205 g/mol. The van der Waals surface area contributed by atoms with E-state index in [-0.39, 0.29) is 0 Å². The predicted molar refractivity (Wildman–Crippen MR) is 61.5 cm³/mol. The van der Waals surface area contributed by atoms with Crippen LogP contribution in [0.25, 0.3) is 0 Å². The second-order valence-electron chi connectivity index (χ2n) is 4.53. The van der Waals surface area contributed by atoms with Crippen molar-refractivity contribution >= 4 is 0 Å². The Bertz CT molecular complexity index is 320. The van der Waals surface area contributed by atoms with E-state index in [2.05, 4.69) is 29.1 Å². The van der Waals surface area contributed by atoms with E-state index < -0.39 is 0 Å². The molecule has 0 amide bonds. The lowest BCUT2D eigenvalue weighted by Gasteiger charge is -2.19. The molecular weight excluding hydrogens is 186 g/mol. The summed E-state index contributed by atoms with van der Waals surface area (Å²) in [4.78, 5) is 6.73. The molecule has 1 saturated heterocycles. The molecular formula is C12H19N3. The quantitative estimate of drug-likeness (QED) is 0.792. The first kappa shape index (κ1) is 10.6. The van der Waals surface area contributed by atoms with Gasteiger partial charge in [0.25, 0.3) is 0 Å². The van der Waals surface area contributed by atoms with Gasteiger partial charge in [-0.05, 0) is 44.5 Å². The van der Waals surface area contributed by atoms with Crippen LogP contribution in [0.5, 0.6) is 0 Å². The summed E-state index contributed by atoms with van der Waals surface area (Å²) >= 11 is 0. The number of pyridine rings is 1. The maximum absolute atomic E-state index is 5.72. The summed E-state index contributed by atoms with van der Waals surface area (Å²) in [6, 6.07) is 4.77. The highest BCUT2D eigenvalue weighted by Crippen LogP contribution is 2.33. The Morgan fingerprint density at radius 2 is 2.33 bits per heavy atom. The molecule has 1 aromatic rings. The Morgan fingerprint density at radius 1 is 1.53 bits per heavy atom. The van der Waals surface area contributed by atoms with Gasteiger partial charge in [0.2, 0.25) is 0 Å². The molecule has 3 nitrogen and oxygen atoms in total. The van der Waals surface area contributed by atoms with Crippen molar-refractivity contribution in [1.82, 2.24) is 9.88 Å². The molecule has 1 aliphatic rings. The van der Waals surface area contributed by atoms with Crippen LogP contribution in [-0.4, -0.2) is 30.0 Å². The minimum Gasteiger partial charge on any atom is -0.330 e. The van der Waals surface area contributed by atoms with Gasteiger partial charge < -0.3 is 5.73 Å². The zero-order valence-electron chi connectivity index (χ0n) is 9.48. The lowest BCUT2D eigenvalue weighted by atomic mass is 10.0. The predicted octanol–water partition coefficient (Wildman–Crippen LogP) is 1.34. The maximum atomic E-state index is 5.72. The summed E-state index contributed by atoms with van der Waals surface area (Å²) in [6.45, 7) is 3.92. The van der Waals surface area contributed by atoms with Crippen molar-refractivity contribution in [3.05, 3.63) is 29.6 Å². The Morgan fingerprint density at radius 3 is 2.87 bits per heavy atom. The van der Waals surface area contributed by atoms with Crippen molar-refractivity contribution in [2.75, 3.05) is 20.1 Å². The van der Waals surface area contributed by atoms with Gasteiger partial charge in [-0.1, -0.05) is 6.07 Å². The molecule has 1 aromatic heterocycles. The molecule has 0 aliphatic carbocycles. The van der Waals surface area contributed by atoms with Gasteiger partial charge in [-0.15, -0.1) is 0 Å². The van der Waals surface area contributed by atoms with Crippen LogP contribution < -0.4 is 5.73 Å². The fourth-order valence-corrected chi connectivity index (χ4v) is 2.34. The lowest BCUT2D eigenvalue weighted by Crippen LogP contribution is -2.20. The van der Waals surface area contributed by atoms with E-state index in [0.29, 0.717) is 12.0 Å². The Hall–Kier alpha value is -0.930. The summed E-state index contributed by atoms with van der Waals surface area (Å²) in [6.07, 6.45) is 3.16. The largest absolute Gasteiger partial charge is 0.330 e. The van der Waals surface area contributed by atoms with Gasteiger partial charge in [0, 0.05) is 24.5 Å². The molecule has 2 N–H and O–H groups in total. The van der Waals surface area contributed by atoms with Crippen LogP contribution in [0.1, 0.15) is 23.7 Å². The molecule has 15 heavy (non-hydrogen) atoms. The van der Waals surface area contributed by atoms with Gasteiger partial charge >= 0.3 is 0 Å². The third-order valence-corrected chi connectivity index (χ3v) is 3.29. The number of aromatic nitrogens is 1. The zero-order chi connectivity index (χ0) is 10.8. The first-order valence-corrected chi connectivity index (χ1v) is 5.53. The van der Waals surface area contributed by atoms with E-state index in [4.69, 9.17) is 5.73 Å². The molecule has 0 aromatic carbocycles. The summed E-state index contributed by atoms with van der Waals surface area (Å²) in [5.41, 5.74) is 8.12. The zero-order valence-corrected chi connectivity index (χ0v) is 9.48. The van der Waals surface area contributed by atoms with Crippen molar-refractivity contribution in [2.45, 2.75) is 19.4 Å². The first-order valence-electron chi connectivity index (χ1n) is 5.53. The summed E-state index contributed by atoms with van der Waals surface area (Å²) < 4.78 is 0. The molecule has 2 unspecified atom stereocenters. The number of nitrogens with zero attached hydrogens (tertiary/aromatic N) is 2. The van der Waals surface area contributed by atoms with Crippen LogP contribution in [0.2, 0.25) is 0 Å². The lowest BCUT2D eigenvalue weighted by molar-refractivity contribution is 0.313. The number of hydrogen-bond donors (Lipinski definition) is 1. The summed E-state index contributed by atoms with van der Waals surface area (Å²) in [5.74, 6) is 0.640. The summed E-state index contributed by atoms with van der Waals surface area (Å²) in [5, 5.41) is 0. The van der Waals surface area contributed by atoms with Crippen LogP contribution in [0.3, 0.4) is 0 Å². The van der Waals surface area contributed by atoms with E-state index in [1.807, 2.05) is 13.1 Å². The van der Waals surface area contributed by atoms with Gasteiger partial charge in [-0.2, -0.15) is 0 Å². The standard InChI is InChI=1S/C12H19N3/c1-9-3-4-11(7-14-9)12-5-10(6-13)8-15(12)2/h3-4,7,10,12H,5-6,8,13H2,1-2H3. The Balaban J connectivity index is 2.14. The number of hydrogen-bond acceptors (Lipinski definition) is 3. The number of aryl methyl sites for hydroxylation is 1. The van der Waals surface area contributed by atoms with E-state index in [0.717, 1.165) is 25.2 Å². The third-order valence-electron chi connectivity index (χ3n) is 3.29. The topological polar surface area (TPSA) is 42.1 Å². The highest BCUT2D eigenvalue weighted by atomic mass is 15.2. The van der Waals surface area contributed by atoms with E-state index in [9.17, 15) is 0 Å². The molecule has 3 heteroatoms. The van der Waals surface area contributed by atoms with Crippen LogP contribution >= 0.6 is 0 Å². The minimum atomic E-state index is 0.506. The third kappa shape index (κ3) is 2.19. The van der Waals surface area contributed by atoms with E-state index >= 15 is 0 Å². The van der Waals surface area contributed by atoms with Gasteiger partial charge in [0.15, 0.2) is 0 Å². The van der Waals surface area contributed by atoms with Crippen molar-refractivity contribution in [2.24, 2.45) is 11.7 Å². The second kappa shape index (κ2) is 4.29. The van der Waals surface area contributed by atoms with Crippen LogP contribution in [0, 0.1) is 12.8 Å². The molecule has 82 valence electrons. The maximum Gasteiger partial charge on any atom is 0.0372 e. The number of likely N-dealkylation sites (tertiary alicyclic amines) is 1. The molecule has 2 heterocycles. The van der Waals surface area contributed by atoms with Gasteiger partial charge in [0.05, 0.1) is 0 Å². The SMILES string of the molecule is Cc1ccc(C2CC(CN)CN2C)cn1.